The first-order valence-corrected chi connectivity index (χ1v) is 7.90. The van der Waals surface area contributed by atoms with E-state index in [1.54, 1.807) is 18.2 Å². The minimum atomic E-state index is -0.419. The predicted molar refractivity (Wildman–Crippen MR) is 85.0 cm³/mol. The molecule has 0 amide bonds. The van der Waals surface area contributed by atoms with E-state index in [1.165, 1.54) is 11.8 Å². The normalized spacial score (nSPS) is 10.4. The standard InChI is InChI=1S/C14H11Cl2N3OS/c1-2-12-8(6-17)13(20)19-14(18-12)21-7-9-10(15)4-3-5-11(9)16/h3-5H,2,7H2,1H3,(H,18,19,20). The smallest absolute Gasteiger partial charge is 0.269 e. The quantitative estimate of drug-likeness (QED) is 0.679. The molecule has 7 heteroatoms. The molecule has 0 saturated carbocycles. The van der Waals surface area contributed by atoms with E-state index in [2.05, 4.69) is 9.97 Å². The van der Waals surface area contributed by atoms with Crippen molar-refractivity contribution in [1.82, 2.24) is 9.97 Å². The van der Waals surface area contributed by atoms with E-state index in [1.807, 2.05) is 13.0 Å². The maximum absolute atomic E-state index is 11.8. The summed E-state index contributed by atoms with van der Waals surface area (Å²) in [6.07, 6.45) is 0.521. The summed E-state index contributed by atoms with van der Waals surface area (Å²) in [5.74, 6) is 0.483. The first kappa shape index (κ1) is 15.9. The van der Waals surface area contributed by atoms with Crippen molar-refractivity contribution in [3.63, 3.8) is 0 Å². The predicted octanol–water partition coefficient (Wildman–Crippen LogP) is 3.80. The van der Waals surface area contributed by atoms with Crippen LogP contribution in [0.1, 0.15) is 23.7 Å². The highest BCUT2D eigenvalue weighted by Crippen LogP contribution is 2.30. The molecular formula is C14H11Cl2N3OS. The van der Waals surface area contributed by atoms with Crippen molar-refractivity contribution < 1.29 is 0 Å². The third-order valence-electron chi connectivity index (χ3n) is 2.83. The van der Waals surface area contributed by atoms with Gasteiger partial charge in [0.1, 0.15) is 11.6 Å². The van der Waals surface area contributed by atoms with Gasteiger partial charge in [-0.1, -0.05) is 48.0 Å². The molecule has 1 N–H and O–H groups in total. The molecule has 0 spiro atoms. The van der Waals surface area contributed by atoms with Crippen LogP contribution in [0.3, 0.4) is 0 Å². The minimum absolute atomic E-state index is 0.0672. The van der Waals surface area contributed by atoms with Crippen LogP contribution in [0.15, 0.2) is 28.2 Å². The topological polar surface area (TPSA) is 69.5 Å². The molecule has 0 saturated heterocycles. The number of nitriles is 1. The summed E-state index contributed by atoms with van der Waals surface area (Å²) in [6.45, 7) is 1.85. The van der Waals surface area contributed by atoms with E-state index in [0.717, 1.165) is 5.56 Å². The monoisotopic (exact) mass is 339 g/mol. The summed E-state index contributed by atoms with van der Waals surface area (Å²) in [6, 6.07) is 7.17. The van der Waals surface area contributed by atoms with Gasteiger partial charge in [0.05, 0.1) is 5.69 Å². The fourth-order valence-corrected chi connectivity index (χ4v) is 3.37. The number of rotatable bonds is 4. The number of nitrogens with zero attached hydrogens (tertiary/aromatic N) is 2. The number of hydrogen-bond acceptors (Lipinski definition) is 4. The average Bonchev–Trinajstić information content (AvgIpc) is 2.46. The Morgan fingerprint density at radius 3 is 2.62 bits per heavy atom. The molecule has 0 aliphatic rings. The van der Waals surface area contributed by atoms with Crippen LogP contribution >= 0.6 is 35.0 Å². The van der Waals surface area contributed by atoms with E-state index >= 15 is 0 Å². The van der Waals surface area contributed by atoms with Gasteiger partial charge in [0.15, 0.2) is 5.16 Å². The molecule has 0 radical (unpaired) electrons. The lowest BCUT2D eigenvalue weighted by atomic mass is 10.2. The second-order valence-corrected chi connectivity index (χ2v) is 5.93. The van der Waals surface area contributed by atoms with E-state index < -0.39 is 5.56 Å². The van der Waals surface area contributed by atoms with Gasteiger partial charge in [-0.15, -0.1) is 0 Å². The van der Waals surface area contributed by atoms with Gasteiger partial charge < -0.3 is 4.98 Å². The van der Waals surface area contributed by atoms with Gasteiger partial charge in [-0.3, -0.25) is 4.79 Å². The van der Waals surface area contributed by atoms with Gasteiger partial charge in [-0.2, -0.15) is 5.26 Å². The van der Waals surface area contributed by atoms with Crippen molar-refractivity contribution in [2.45, 2.75) is 24.3 Å². The highest BCUT2D eigenvalue weighted by molar-refractivity contribution is 7.98. The highest BCUT2D eigenvalue weighted by atomic mass is 35.5. The van der Waals surface area contributed by atoms with Crippen LogP contribution in [0, 0.1) is 11.3 Å². The average molecular weight is 340 g/mol. The lowest BCUT2D eigenvalue weighted by Crippen LogP contribution is -2.16. The van der Waals surface area contributed by atoms with E-state index in [0.29, 0.717) is 33.1 Å². The van der Waals surface area contributed by atoms with Gasteiger partial charge in [-0.25, -0.2) is 4.98 Å². The Balaban J connectivity index is 2.28. The SMILES string of the molecule is CCc1nc(SCc2c(Cl)cccc2Cl)[nH]c(=O)c1C#N. The van der Waals surface area contributed by atoms with Gasteiger partial charge in [-0.05, 0) is 24.1 Å². The molecule has 0 fully saturated rings. The van der Waals surface area contributed by atoms with Crippen LogP contribution < -0.4 is 5.56 Å². The lowest BCUT2D eigenvalue weighted by Gasteiger charge is -2.07. The number of H-pyrrole nitrogens is 1. The minimum Gasteiger partial charge on any atom is -0.300 e. The first-order chi connectivity index (χ1) is 10.1. The largest absolute Gasteiger partial charge is 0.300 e. The molecule has 1 aromatic heterocycles. The third kappa shape index (κ3) is 3.59. The van der Waals surface area contributed by atoms with Crippen molar-refractivity contribution in [2.75, 3.05) is 0 Å². The molecule has 0 unspecified atom stereocenters. The summed E-state index contributed by atoms with van der Waals surface area (Å²) < 4.78 is 0. The van der Waals surface area contributed by atoms with E-state index in [9.17, 15) is 4.79 Å². The maximum Gasteiger partial charge on any atom is 0.269 e. The fourth-order valence-electron chi connectivity index (χ4n) is 1.75. The molecule has 2 rings (SSSR count). The number of aromatic nitrogens is 2. The van der Waals surface area contributed by atoms with Crippen LogP contribution in [0.4, 0.5) is 0 Å². The molecule has 0 atom stereocenters. The van der Waals surface area contributed by atoms with Crippen LogP contribution in [0.5, 0.6) is 0 Å². The molecule has 1 heterocycles. The summed E-state index contributed by atoms with van der Waals surface area (Å²) in [4.78, 5) is 18.7. The maximum atomic E-state index is 11.8. The second-order valence-electron chi connectivity index (χ2n) is 4.15. The van der Waals surface area contributed by atoms with Crippen LogP contribution in [-0.2, 0) is 12.2 Å². The number of halogens is 2. The first-order valence-electron chi connectivity index (χ1n) is 6.15. The molecule has 1 aromatic carbocycles. The molecular weight excluding hydrogens is 329 g/mol. The highest BCUT2D eigenvalue weighted by Gasteiger charge is 2.11. The Bertz CT molecular complexity index is 748. The number of benzene rings is 1. The van der Waals surface area contributed by atoms with Gasteiger partial charge in [0.2, 0.25) is 0 Å². The number of nitrogens with one attached hydrogen (secondary N) is 1. The van der Waals surface area contributed by atoms with Crippen LogP contribution in [-0.4, -0.2) is 9.97 Å². The number of hydrogen-bond donors (Lipinski definition) is 1. The van der Waals surface area contributed by atoms with Crippen molar-refractivity contribution in [3.05, 3.63) is 55.4 Å². The molecule has 4 nitrogen and oxygen atoms in total. The lowest BCUT2D eigenvalue weighted by molar-refractivity contribution is 0.859. The Morgan fingerprint density at radius 1 is 1.38 bits per heavy atom. The number of thioether (sulfide) groups is 1. The zero-order chi connectivity index (χ0) is 15.4. The summed E-state index contributed by atoms with van der Waals surface area (Å²) in [5.41, 5.74) is 0.930. The number of aryl methyl sites for hydroxylation is 1. The Morgan fingerprint density at radius 2 is 2.05 bits per heavy atom. The molecule has 2 aromatic rings. The van der Waals surface area contributed by atoms with E-state index in [-0.39, 0.29) is 5.56 Å². The summed E-state index contributed by atoms with van der Waals surface area (Å²) >= 11 is 13.5. The Kier molecular flexibility index (Phi) is 5.29. The third-order valence-corrected chi connectivity index (χ3v) is 4.44. The van der Waals surface area contributed by atoms with Crippen molar-refractivity contribution in [3.8, 4) is 6.07 Å². The second kappa shape index (κ2) is 6.99. The van der Waals surface area contributed by atoms with Crippen molar-refractivity contribution >= 4 is 35.0 Å². The molecule has 0 aliphatic heterocycles. The summed E-state index contributed by atoms with van der Waals surface area (Å²) in [5, 5.41) is 10.5. The zero-order valence-electron chi connectivity index (χ0n) is 11.1. The molecule has 108 valence electrons. The van der Waals surface area contributed by atoms with Crippen LogP contribution in [0.2, 0.25) is 10.0 Å². The Hall–Kier alpha value is -1.48. The zero-order valence-corrected chi connectivity index (χ0v) is 13.4. The summed E-state index contributed by atoms with van der Waals surface area (Å²) in [7, 11) is 0. The Labute approximate surface area is 136 Å². The molecule has 21 heavy (non-hydrogen) atoms. The van der Waals surface area contributed by atoms with Gasteiger partial charge in [0, 0.05) is 15.8 Å². The van der Waals surface area contributed by atoms with Crippen LogP contribution in [0.25, 0.3) is 0 Å². The molecule has 0 aliphatic carbocycles. The van der Waals surface area contributed by atoms with Gasteiger partial charge in [0.25, 0.3) is 5.56 Å². The van der Waals surface area contributed by atoms with Gasteiger partial charge >= 0.3 is 0 Å². The molecule has 0 bridgehead atoms. The van der Waals surface area contributed by atoms with Crippen molar-refractivity contribution in [1.29, 1.82) is 5.26 Å². The fraction of sp³-hybridized carbons (Fsp3) is 0.214. The van der Waals surface area contributed by atoms with Crippen molar-refractivity contribution in [2.24, 2.45) is 0 Å². The van der Waals surface area contributed by atoms with E-state index in [4.69, 9.17) is 28.5 Å². The number of aromatic amines is 1.